The van der Waals surface area contributed by atoms with Gasteiger partial charge in [0.1, 0.15) is 5.82 Å². The van der Waals surface area contributed by atoms with Gasteiger partial charge in [0.05, 0.1) is 12.7 Å². The summed E-state index contributed by atoms with van der Waals surface area (Å²) in [5.41, 5.74) is 4.87. The fourth-order valence-electron chi connectivity index (χ4n) is 5.26. The summed E-state index contributed by atoms with van der Waals surface area (Å²) < 4.78 is 19.9. The van der Waals surface area contributed by atoms with Crippen molar-refractivity contribution in [1.82, 2.24) is 0 Å². The van der Waals surface area contributed by atoms with Crippen molar-refractivity contribution in [1.29, 1.82) is 0 Å². The molecule has 0 unspecified atom stereocenters. The molecule has 0 aromatic heterocycles. The van der Waals surface area contributed by atoms with Crippen LogP contribution in [0.5, 0.6) is 0 Å². The molecule has 1 aliphatic rings. The topological polar surface area (TPSA) is 54.2 Å². The van der Waals surface area contributed by atoms with Gasteiger partial charge in [-0.25, -0.2) is 14.0 Å². The molecular formula is C35H38FN3O3. The Hall–Kier alpha value is -4.44. The van der Waals surface area contributed by atoms with Crippen LogP contribution < -0.4 is 9.80 Å². The normalized spacial score (nSPS) is 13.6. The molecule has 0 atom stereocenters. The van der Waals surface area contributed by atoms with Gasteiger partial charge in [0.25, 0.3) is 0 Å². The SMILES string of the molecule is [C-]#[N+]c1cc(CN(C(=O)C2CCCCC2)c2ccc(F)c(/C=C/C(=O)OC(C)C)c2)ccc1-c1ccc(N(C)C)cc1. The lowest BCUT2D eigenvalue weighted by molar-refractivity contribution is -0.141. The van der Waals surface area contributed by atoms with Gasteiger partial charge in [0.15, 0.2) is 5.69 Å². The molecule has 1 amide bonds. The lowest BCUT2D eigenvalue weighted by Crippen LogP contribution is -2.36. The number of anilines is 2. The summed E-state index contributed by atoms with van der Waals surface area (Å²) in [5, 5.41) is 0. The maximum atomic E-state index is 14.8. The predicted molar refractivity (Wildman–Crippen MR) is 167 cm³/mol. The highest BCUT2D eigenvalue weighted by atomic mass is 19.1. The standard InChI is InChI=1S/C35H38FN3O3/c1-24(2)42-34(40)20-14-28-22-30(17-19-32(28)36)39(35(41)27-9-7-6-8-10-27)23-25-11-18-31(33(21-25)37-3)26-12-15-29(16-13-26)38(4)5/h11-22,24,27H,6-10,23H2,1-2,4-5H3/b20-14+. The summed E-state index contributed by atoms with van der Waals surface area (Å²) in [6, 6.07) is 18.2. The summed E-state index contributed by atoms with van der Waals surface area (Å²) in [4.78, 5) is 33.4. The minimum Gasteiger partial charge on any atom is -0.460 e. The monoisotopic (exact) mass is 567 g/mol. The Morgan fingerprint density at radius 1 is 1.00 bits per heavy atom. The van der Waals surface area contributed by atoms with Crippen molar-refractivity contribution in [2.24, 2.45) is 5.92 Å². The van der Waals surface area contributed by atoms with Crippen LogP contribution in [0.15, 0.2) is 66.7 Å². The van der Waals surface area contributed by atoms with Crippen molar-refractivity contribution in [2.45, 2.75) is 58.6 Å². The van der Waals surface area contributed by atoms with Crippen LogP contribution in [0, 0.1) is 18.3 Å². The number of esters is 1. The first-order valence-corrected chi connectivity index (χ1v) is 14.4. The minimum atomic E-state index is -0.562. The second-order valence-electron chi connectivity index (χ2n) is 11.2. The van der Waals surface area contributed by atoms with E-state index in [9.17, 15) is 14.0 Å². The average Bonchev–Trinajstić information content (AvgIpc) is 2.99. The first-order valence-electron chi connectivity index (χ1n) is 14.4. The summed E-state index contributed by atoms with van der Waals surface area (Å²) in [5.74, 6) is -1.19. The third-order valence-corrected chi connectivity index (χ3v) is 7.48. The van der Waals surface area contributed by atoms with Gasteiger partial charge in [-0.05, 0) is 79.8 Å². The molecule has 3 aromatic rings. The van der Waals surface area contributed by atoms with E-state index in [2.05, 4.69) is 4.85 Å². The molecule has 0 radical (unpaired) electrons. The van der Waals surface area contributed by atoms with E-state index in [0.29, 0.717) is 11.4 Å². The Balaban J connectivity index is 1.67. The van der Waals surface area contributed by atoms with Crippen molar-refractivity contribution in [3.8, 4) is 11.1 Å². The summed E-state index contributed by atoms with van der Waals surface area (Å²) >= 11 is 0. The number of halogens is 1. The Morgan fingerprint density at radius 3 is 2.33 bits per heavy atom. The molecule has 0 aliphatic heterocycles. The van der Waals surface area contributed by atoms with Crippen LogP contribution in [0.25, 0.3) is 22.0 Å². The number of benzene rings is 3. The van der Waals surface area contributed by atoms with Gasteiger partial charge in [0.2, 0.25) is 5.91 Å². The molecule has 6 nitrogen and oxygen atoms in total. The van der Waals surface area contributed by atoms with E-state index in [1.807, 2.05) is 61.5 Å². The number of carbonyl (C=O) groups is 2. The van der Waals surface area contributed by atoms with E-state index < -0.39 is 11.8 Å². The molecule has 1 aliphatic carbocycles. The molecular weight excluding hydrogens is 529 g/mol. The van der Waals surface area contributed by atoms with Gasteiger partial charge in [-0.1, -0.05) is 49.6 Å². The zero-order valence-corrected chi connectivity index (χ0v) is 24.8. The lowest BCUT2D eigenvalue weighted by atomic mass is 9.88. The molecule has 1 fully saturated rings. The van der Waals surface area contributed by atoms with Gasteiger partial charge in [-0.2, -0.15) is 0 Å². The third kappa shape index (κ3) is 7.64. The van der Waals surface area contributed by atoms with Crippen LogP contribution in [0.3, 0.4) is 0 Å². The number of rotatable bonds is 9. The van der Waals surface area contributed by atoms with E-state index in [1.165, 1.54) is 18.2 Å². The Bertz CT molecular complexity index is 1480. The van der Waals surface area contributed by atoms with Gasteiger partial charge in [-0.3, -0.25) is 4.79 Å². The highest BCUT2D eigenvalue weighted by Gasteiger charge is 2.28. The fourth-order valence-corrected chi connectivity index (χ4v) is 5.26. The van der Waals surface area contributed by atoms with Crippen molar-refractivity contribution < 1.29 is 18.7 Å². The van der Waals surface area contributed by atoms with Crippen LogP contribution in [-0.2, 0) is 20.9 Å². The summed E-state index contributed by atoms with van der Waals surface area (Å²) in [6.45, 7) is 11.6. The zero-order valence-electron chi connectivity index (χ0n) is 24.8. The predicted octanol–water partition coefficient (Wildman–Crippen LogP) is 8.19. The molecule has 1 saturated carbocycles. The van der Waals surface area contributed by atoms with Crippen LogP contribution in [0.2, 0.25) is 0 Å². The Kier molecular flexibility index (Phi) is 10.1. The molecule has 0 saturated heterocycles. The van der Waals surface area contributed by atoms with Gasteiger partial charge in [-0.15, -0.1) is 0 Å². The van der Waals surface area contributed by atoms with E-state index >= 15 is 0 Å². The molecule has 0 heterocycles. The summed E-state index contributed by atoms with van der Waals surface area (Å²) in [7, 11) is 3.96. The Labute approximate surface area is 248 Å². The smallest absolute Gasteiger partial charge is 0.331 e. The molecule has 218 valence electrons. The van der Waals surface area contributed by atoms with Crippen molar-refractivity contribution in [2.75, 3.05) is 23.9 Å². The van der Waals surface area contributed by atoms with Gasteiger partial charge in [0, 0.05) is 49.6 Å². The van der Waals surface area contributed by atoms with Crippen LogP contribution in [0.4, 0.5) is 21.5 Å². The van der Waals surface area contributed by atoms with Gasteiger partial charge >= 0.3 is 5.97 Å². The molecule has 3 aromatic carbocycles. The Morgan fingerprint density at radius 2 is 1.69 bits per heavy atom. The number of amides is 1. The molecule has 0 bridgehead atoms. The molecule has 42 heavy (non-hydrogen) atoms. The maximum absolute atomic E-state index is 14.8. The number of ether oxygens (including phenoxy) is 1. The van der Waals surface area contributed by atoms with Crippen LogP contribution in [-0.4, -0.2) is 32.1 Å². The van der Waals surface area contributed by atoms with E-state index in [1.54, 1.807) is 30.9 Å². The number of carbonyl (C=O) groups excluding carboxylic acids is 2. The van der Waals surface area contributed by atoms with Crippen LogP contribution >= 0.6 is 0 Å². The molecule has 0 N–H and O–H groups in total. The van der Waals surface area contributed by atoms with Crippen molar-refractivity contribution in [3.05, 3.63) is 95.1 Å². The van der Waals surface area contributed by atoms with Crippen molar-refractivity contribution >= 4 is 35.0 Å². The lowest BCUT2D eigenvalue weighted by Gasteiger charge is -2.30. The van der Waals surface area contributed by atoms with Crippen molar-refractivity contribution in [3.63, 3.8) is 0 Å². The average molecular weight is 568 g/mol. The first-order chi connectivity index (χ1) is 20.2. The highest BCUT2D eigenvalue weighted by molar-refractivity contribution is 5.96. The number of hydrogen-bond acceptors (Lipinski definition) is 4. The minimum absolute atomic E-state index is 0.0110. The van der Waals surface area contributed by atoms with E-state index in [4.69, 9.17) is 11.3 Å². The third-order valence-electron chi connectivity index (χ3n) is 7.48. The first kappa shape index (κ1) is 30.5. The molecule has 0 spiro atoms. The largest absolute Gasteiger partial charge is 0.460 e. The fraction of sp³-hybridized carbons (Fsp3) is 0.343. The van der Waals surface area contributed by atoms with Gasteiger partial charge < -0.3 is 14.5 Å². The number of nitrogens with zero attached hydrogens (tertiary/aromatic N) is 3. The maximum Gasteiger partial charge on any atom is 0.331 e. The second-order valence-corrected chi connectivity index (χ2v) is 11.2. The number of hydrogen-bond donors (Lipinski definition) is 0. The quantitative estimate of drug-likeness (QED) is 0.149. The summed E-state index contributed by atoms with van der Waals surface area (Å²) in [6.07, 6.45) is 7.05. The van der Waals surface area contributed by atoms with Crippen LogP contribution in [0.1, 0.15) is 57.1 Å². The zero-order chi connectivity index (χ0) is 30.2. The highest BCUT2D eigenvalue weighted by Crippen LogP contribution is 2.34. The second kappa shape index (κ2) is 14.0. The molecule has 4 rings (SSSR count). The molecule has 7 heteroatoms. The van der Waals surface area contributed by atoms with E-state index in [-0.39, 0.29) is 30.0 Å². The van der Waals surface area contributed by atoms with E-state index in [0.717, 1.165) is 54.5 Å².